The molecule has 180 valence electrons. The van der Waals surface area contributed by atoms with Crippen molar-refractivity contribution < 1.29 is 28.6 Å². The molecule has 3 aromatic rings. The highest BCUT2D eigenvalue weighted by Gasteiger charge is 2.14. The zero-order valence-corrected chi connectivity index (χ0v) is 19.7. The number of esters is 1. The number of hydrogen-bond acceptors (Lipinski definition) is 7. The van der Waals surface area contributed by atoms with E-state index < -0.39 is 17.8 Å². The third-order valence-electron chi connectivity index (χ3n) is 4.48. The summed E-state index contributed by atoms with van der Waals surface area (Å²) in [4.78, 5) is 36.4. The van der Waals surface area contributed by atoms with Crippen molar-refractivity contribution >= 4 is 41.3 Å². The van der Waals surface area contributed by atoms with E-state index in [1.54, 1.807) is 60.7 Å². The number of amides is 2. The molecule has 0 unspecified atom stereocenters. The second kappa shape index (κ2) is 12.2. The summed E-state index contributed by atoms with van der Waals surface area (Å²) in [5.74, 6) is -1.28. The van der Waals surface area contributed by atoms with Gasteiger partial charge in [0, 0.05) is 10.7 Å². The van der Waals surface area contributed by atoms with Crippen molar-refractivity contribution in [1.29, 1.82) is 0 Å². The van der Waals surface area contributed by atoms with Gasteiger partial charge in [-0.2, -0.15) is 5.10 Å². The highest BCUT2D eigenvalue weighted by atomic mass is 35.5. The Labute approximate surface area is 206 Å². The number of methoxy groups -OCH3 is 1. The molecular formula is C25H22ClN3O6. The molecule has 0 saturated heterocycles. The van der Waals surface area contributed by atoms with Crippen LogP contribution in [0.1, 0.15) is 22.8 Å². The van der Waals surface area contributed by atoms with Crippen LogP contribution in [0.25, 0.3) is 0 Å². The minimum atomic E-state index is -0.949. The third kappa shape index (κ3) is 7.31. The average molecular weight is 496 g/mol. The largest absolute Gasteiger partial charge is 0.494 e. The lowest BCUT2D eigenvalue weighted by Crippen LogP contribution is -2.32. The lowest BCUT2D eigenvalue weighted by molar-refractivity contribution is -0.136. The van der Waals surface area contributed by atoms with E-state index in [-0.39, 0.29) is 11.5 Å². The maximum atomic E-state index is 12.3. The second-order valence-electron chi connectivity index (χ2n) is 6.92. The van der Waals surface area contributed by atoms with Crippen molar-refractivity contribution in [1.82, 2.24) is 5.43 Å². The summed E-state index contributed by atoms with van der Waals surface area (Å²) in [7, 11) is 1.42. The van der Waals surface area contributed by atoms with Crippen molar-refractivity contribution in [3.8, 4) is 17.2 Å². The van der Waals surface area contributed by atoms with Crippen LogP contribution in [-0.2, 0) is 9.59 Å². The Balaban J connectivity index is 1.57. The van der Waals surface area contributed by atoms with E-state index in [0.717, 1.165) is 0 Å². The molecule has 3 rings (SSSR count). The monoisotopic (exact) mass is 495 g/mol. The summed E-state index contributed by atoms with van der Waals surface area (Å²) in [5, 5.41) is 6.75. The van der Waals surface area contributed by atoms with Gasteiger partial charge in [-0.1, -0.05) is 11.6 Å². The molecule has 0 atom stereocenters. The number of nitrogens with one attached hydrogen (secondary N) is 2. The Morgan fingerprint density at radius 3 is 2.31 bits per heavy atom. The van der Waals surface area contributed by atoms with E-state index in [4.69, 9.17) is 25.8 Å². The number of benzene rings is 3. The van der Waals surface area contributed by atoms with Crippen molar-refractivity contribution in [2.24, 2.45) is 5.10 Å². The Hall–Kier alpha value is -4.37. The molecular weight excluding hydrogens is 474 g/mol. The summed E-state index contributed by atoms with van der Waals surface area (Å²) in [6, 6.07) is 17.5. The van der Waals surface area contributed by atoms with E-state index in [9.17, 15) is 14.4 Å². The highest BCUT2D eigenvalue weighted by Crippen LogP contribution is 2.28. The van der Waals surface area contributed by atoms with Gasteiger partial charge in [-0.3, -0.25) is 9.59 Å². The predicted octanol–water partition coefficient (Wildman–Crippen LogP) is 4.06. The van der Waals surface area contributed by atoms with Gasteiger partial charge in [-0.15, -0.1) is 0 Å². The number of halogens is 1. The number of nitrogens with zero attached hydrogens (tertiary/aromatic N) is 1. The van der Waals surface area contributed by atoms with Crippen molar-refractivity contribution in [3.63, 3.8) is 0 Å². The van der Waals surface area contributed by atoms with E-state index in [2.05, 4.69) is 15.8 Å². The van der Waals surface area contributed by atoms with Crippen LogP contribution < -0.4 is 25.0 Å². The quantitative estimate of drug-likeness (QED) is 0.160. The van der Waals surface area contributed by atoms with Gasteiger partial charge in [0.1, 0.15) is 5.75 Å². The second-order valence-corrected chi connectivity index (χ2v) is 7.35. The SMILES string of the molecule is CCOc1ccc(NC(=O)C(=O)NN=Cc2ccc(OC(=O)c3ccc(Cl)cc3)c(OC)c2)cc1. The Morgan fingerprint density at radius 2 is 1.66 bits per heavy atom. The van der Waals surface area contributed by atoms with Gasteiger partial charge in [0.15, 0.2) is 11.5 Å². The normalized spacial score (nSPS) is 10.5. The van der Waals surface area contributed by atoms with Crippen LogP contribution in [-0.4, -0.2) is 37.7 Å². The summed E-state index contributed by atoms with van der Waals surface area (Å²) < 4.78 is 16.0. The summed E-state index contributed by atoms with van der Waals surface area (Å²) in [6.45, 7) is 2.39. The molecule has 35 heavy (non-hydrogen) atoms. The smallest absolute Gasteiger partial charge is 0.343 e. The van der Waals surface area contributed by atoms with Gasteiger partial charge in [-0.05, 0) is 79.2 Å². The van der Waals surface area contributed by atoms with Gasteiger partial charge in [0.2, 0.25) is 0 Å². The Bertz CT molecular complexity index is 1230. The van der Waals surface area contributed by atoms with Gasteiger partial charge < -0.3 is 19.5 Å². The number of hydrazone groups is 1. The molecule has 0 radical (unpaired) electrons. The van der Waals surface area contributed by atoms with Crippen LogP contribution >= 0.6 is 11.6 Å². The van der Waals surface area contributed by atoms with Crippen LogP contribution in [0.15, 0.2) is 71.8 Å². The number of ether oxygens (including phenoxy) is 3. The Morgan fingerprint density at radius 1 is 0.943 bits per heavy atom. The number of carbonyl (C=O) groups excluding carboxylic acids is 3. The minimum Gasteiger partial charge on any atom is -0.494 e. The lowest BCUT2D eigenvalue weighted by Gasteiger charge is -2.10. The summed E-state index contributed by atoms with van der Waals surface area (Å²) in [5.41, 5.74) is 3.44. The van der Waals surface area contributed by atoms with Crippen molar-refractivity contribution in [2.75, 3.05) is 19.0 Å². The molecule has 0 heterocycles. The van der Waals surface area contributed by atoms with Crippen molar-refractivity contribution in [3.05, 3.63) is 82.9 Å². The molecule has 10 heteroatoms. The Kier molecular flexibility index (Phi) is 8.80. The van der Waals surface area contributed by atoms with Crippen LogP contribution in [0.2, 0.25) is 5.02 Å². The van der Waals surface area contributed by atoms with E-state index in [0.29, 0.717) is 34.2 Å². The molecule has 0 aliphatic carbocycles. The number of anilines is 1. The molecule has 2 amide bonds. The summed E-state index contributed by atoms with van der Waals surface area (Å²) in [6.07, 6.45) is 1.31. The average Bonchev–Trinajstić information content (AvgIpc) is 2.86. The molecule has 0 bridgehead atoms. The van der Waals surface area contributed by atoms with Crippen LogP contribution in [0.3, 0.4) is 0 Å². The van der Waals surface area contributed by atoms with Crippen LogP contribution in [0.4, 0.5) is 5.69 Å². The predicted molar refractivity (Wildman–Crippen MR) is 131 cm³/mol. The van der Waals surface area contributed by atoms with E-state index in [1.807, 2.05) is 6.92 Å². The standard InChI is InChI=1S/C25H22ClN3O6/c1-3-34-20-11-9-19(10-12-20)28-23(30)24(31)29-27-15-16-4-13-21(22(14-16)33-2)35-25(32)17-5-7-18(26)8-6-17/h4-15H,3H2,1-2H3,(H,28,30)(H,29,31). The van der Waals surface area contributed by atoms with E-state index in [1.165, 1.54) is 19.4 Å². The molecule has 2 N–H and O–H groups in total. The van der Waals surface area contributed by atoms with Gasteiger partial charge in [-0.25, -0.2) is 10.2 Å². The molecule has 0 spiro atoms. The highest BCUT2D eigenvalue weighted by molar-refractivity contribution is 6.39. The first-order valence-electron chi connectivity index (χ1n) is 10.4. The zero-order valence-electron chi connectivity index (χ0n) is 18.9. The molecule has 0 saturated carbocycles. The molecule has 9 nitrogen and oxygen atoms in total. The number of carbonyl (C=O) groups is 3. The summed E-state index contributed by atoms with van der Waals surface area (Å²) >= 11 is 5.83. The van der Waals surface area contributed by atoms with Crippen LogP contribution in [0, 0.1) is 0 Å². The molecule has 0 aliphatic heterocycles. The van der Waals surface area contributed by atoms with Crippen LogP contribution in [0.5, 0.6) is 17.2 Å². The lowest BCUT2D eigenvalue weighted by atomic mass is 10.2. The van der Waals surface area contributed by atoms with Crippen molar-refractivity contribution in [2.45, 2.75) is 6.92 Å². The van der Waals surface area contributed by atoms with Gasteiger partial charge >= 0.3 is 17.8 Å². The molecule has 0 aliphatic rings. The first-order valence-corrected chi connectivity index (χ1v) is 10.8. The third-order valence-corrected chi connectivity index (χ3v) is 4.73. The first-order chi connectivity index (χ1) is 16.9. The number of hydrogen-bond donors (Lipinski definition) is 2. The van der Waals surface area contributed by atoms with Gasteiger partial charge in [0.25, 0.3) is 0 Å². The minimum absolute atomic E-state index is 0.198. The fourth-order valence-electron chi connectivity index (χ4n) is 2.80. The first kappa shape index (κ1) is 25.3. The molecule has 0 aromatic heterocycles. The fraction of sp³-hybridized carbons (Fsp3) is 0.120. The molecule has 0 fully saturated rings. The number of rotatable bonds is 8. The van der Waals surface area contributed by atoms with E-state index >= 15 is 0 Å². The van der Waals surface area contributed by atoms with Gasteiger partial charge in [0.05, 0.1) is 25.5 Å². The zero-order chi connectivity index (χ0) is 25.2. The maximum Gasteiger partial charge on any atom is 0.343 e. The fourth-order valence-corrected chi connectivity index (χ4v) is 2.92. The maximum absolute atomic E-state index is 12.3. The topological polar surface area (TPSA) is 115 Å². The molecule has 3 aromatic carbocycles.